The standard InChI is InChI=1S/C13H14O6/c14-10-6-1-4-2-8-9(13(17)19-12(8)16)5(4)3-7(6)11(15)18-10/h4-9,13,17H,1-3H2. The van der Waals surface area contributed by atoms with Gasteiger partial charge in [-0.05, 0) is 31.1 Å². The largest absolute Gasteiger partial charge is 0.435 e. The van der Waals surface area contributed by atoms with Gasteiger partial charge >= 0.3 is 17.9 Å². The van der Waals surface area contributed by atoms with Crippen LogP contribution in [0, 0.1) is 35.5 Å². The lowest BCUT2D eigenvalue weighted by atomic mass is 9.68. The van der Waals surface area contributed by atoms with Gasteiger partial charge in [-0.2, -0.15) is 0 Å². The first-order valence-electron chi connectivity index (χ1n) is 6.70. The predicted octanol–water partition coefficient (Wildman–Crippen LogP) is -0.160. The number of carbonyl (C=O) groups excluding carboxylic acids is 3. The highest BCUT2D eigenvalue weighted by atomic mass is 16.6. The van der Waals surface area contributed by atoms with Crippen LogP contribution in [0.4, 0.5) is 0 Å². The van der Waals surface area contributed by atoms with Crippen molar-refractivity contribution in [3.05, 3.63) is 0 Å². The van der Waals surface area contributed by atoms with E-state index in [0.717, 1.165) is 0 Å². The molecule has 4 fully saturated rings. The van der Waals surface area contributed by atoms with E-state index in [9.17, 15) is 19.5 Å². The number of aliphatic hydroxyl groups excluding tert-OH is 1. The highest BCUT2D eigenvalue weighted by Gasteiger charge is 2.61. The molecule has 0 amide bonds. The van der Waals surface area contributed by atoms with Crippen LogP contribution < -0.4 is 0 Å². The van der Waals surface area contributed by atoms with Gasteiger partial charge in [0.05, 0.1) is 17.8 Å². The van der Waals surface area contributed by atoms with Gasteiger partial charge in [0.15, 0.2) is 0 Å². The molecular weight excluding hydrogens is 252 g/mol. The summed E-state index contributed by atoms with van der Waals surface area (Å²) >= 11 is 0. The van der Waals surface area contributed by atoms with Crippen molar-refractivity contribution >= 4 is 17.9 Å². The number of aliphatic hydroxyl groups is 1. The van der Waals surface area contributed by atoms with Crippen LogP contribution in [0.15, 0.2) is 0 Å². The van der Waals surface area contributed by atoms with Crippen LogP contribution in [0.1, 0.15) is 19.3 Å². The molecule has 6 heteroatoms. The molecule has 0 bridgehead atoms. The van der Waals surface area contributed by atoms with Gasteiger partial charge in [0.1, 0.15) is 0 Å². The Kier molecular flexibility index (Phi) is 2.14. The second-order valence-corrected chi connectivity index (χ2v) is 6.10. The van der Waals surface area contributed by atoms with Crippen molar-refractivity contribution in [2.75, 3.05) is 0 Å². The van der Waals surface area contributed by atoms with Crippen molar-refractivity contribution < 1.29 is 29.0 Å². The van der Waals surface area contributed by atoms with E-state index in [0.29, 0.717) is 19.3 Å². The summed E-state index contributed by atoms with van der Waals surface area (Å²) in [6.07, 6.45) is 0.703. The number of cyclic esters (lactones) is 3. The number of hydrogen-bond acceptors (Lipinski definition) is 6. The molecular formula is C13H14O6. The lowest BCUT2D eigenvalue weighted by Crippen LogP contribution is -2.36. The molecule has 19 heavy (non-hydrogen) atoms. The van der Waals surface area contributed by atoms with Gasteiger partial charge in [-0.25, -0.2) is 0 Å². The Labute approximate surface area is 109 Å². The fourth-order valence-corrected chi connectivity index (χ4v) is 4.56. The average Bonchev–Trinajstić information content (AvgIpc) is 2.94. The first-order valence-corrected chi connectivity index (χ1v) is 6.70. The second-order valence-electron chi connectivity index (χ2n) is 6.10. The van der Waals surface area contributed by atoms with E-state index < -0.39 is 24.1 Å². The van der Waals surface area contributed by atoms with E-state index in [1.807, 2.05) is 0 Å². The minimum atomic E-state index is -1.06. The van der Waals surface area contributed by atoms with Crippen LogP contribution in [0.5, 0.6) is 0 Å². The first kappa shape index (κ1) is 11.4. The summed E-state index contributed by atoms with van der Waals surface area (Å²) in [7, 11) is 0. The summed E-state index contributed by atoms with van der Waals surface area (Å²) in [6.45, 7) is 0. The predicted molar refractivity (Wildman–Crippen MR) is 58.0 cm³/mol. The maximum Gasteiger partial charge on any atom is 0.317 e. The zero-order valence-electron chi connectivity index (χ0n) is 10.2. The number of carbonyl (C=O) groups is 3. The van der Waals surface area contributed by atoms with Crippen molar-refractivity contribution in [2.24, 2.45) is 35.5 Å². The van der Waals surface area contributed by atoms with E-state index in [1.165, 1.54) is 0 Å². The maximum absolute atomic E-state index is 11.6. The van der Waals surface area contributed by atoms with Gasteiger partial charge in [-0.1, -0.05) is 0 Å². The Morgan fingerprint density at radius 1 is 0.895 bits per heavy atom. The van der Waals surface area contributed by atoms with Crippen LogP contribution in [0.2, 0.25) is 0 Å². The van der Waals surface area contributed by atoms with Crippen molar-refractivity contribution in [2.45, 2.75) is 25.6 Å². The van der Waals surface area contributed by atoms with Crippen LogP contribution in [-0.2, 0) is 23.9 Å². The number of esters is 3. The van der Waals surface area contributed by atoms with E-state index in [1.54, 1.807) is 0 Å². The normalized spacial score (nSPS) is 51.4. The summed E-state index contributed by atoms with van der Waals surface area (Å²) in [4.78, 5) is 34.9. The lowest BCUT2D eigenvalue weighted by molar-refractivity contribution is -0.161. The smallest absolute Gasteiger partial charge is 0.317 e. The Morgan fingerprint density at radius 2 is 1.53 bits per heavy atom. The molecule has 2 aliphatic heterocycles. The molecule has 4 rings (SSSR count). The molecule has 2 saturated heterocycles. The van der Waals surface area contributed by atoms with Gasteiger partial charge < -0.3 is 14.6 Å². The van der Waals surface area contributed by atoms with Crippen LogP contribution in [-0.4, -0.2) is 29.3 Å². The number of rotatable bonds is 0. The number of fused-ring (bicyclic) bond motifs is 4. The molecule has 2 heterocycles. The highest BCUT2D eigenvalue weighted by molar-refractivity contribution is 5.96. The molecule has 2 aliphatic carbocycles. The van der Waals surface area contributed by atoms with Crippen molar-refractivity contribution in [1.82, 2.24) is 0 Å². The summed E-state index contributed by atoms with van der Waals surface area (Å²) in [6, 6.07) is 0. The van der Waals surface area contributed by atoms with Gasteiger partial charge in [-0.15, -0.1) is 0 Å². The minimum Gasteiger partial charge on any atom is -0.435 e. The zero-order chi connectivity index (χ0) is 13.3. The third-order valence-corrected chi connectivity index (χ3v) is 5.37. The number of hydrogen-bond donors (Lipinski definition) is 1. The van der Waals surface area contributed by atoms with Crippen LogP contribution >= 0.6 is 0 Å². The molecule has 1 N–H and O–H groups in total. The third-order valence-electron chi connectivity index (χ3n) is 5.37. The molecule has 7 unspecified atom stereocenters. The molecule has 6 nitrogen and oxygen atoms in total. The van der Waals surface area contributed by atoms with Gasteiger partial charge in [-0.3, -0.25) is 14.4 Å². The minimum absolute atomic E-state index is 0.0751. The molecule has 0 aromatic heterocycles. The van der Waals surface area contributed by atoms with Crippen molar-refractivity contribution in [1.29, 1.82) is 0 Å². The molecule has 0 radical (unpaired) electrons. The van der Waals surface area contributed by atoms with Crippen LogP contribution in [0.25, 0.3) is 0 Å². The van der Waals surface area contributed by atoms with E-state index in [2.05, 4.69) is 0 Å². The Morgan fingerprint density at radius 3 is 2.26 bits per heavy atom. The zero-order valence-corrected chi connectivity index (χ0v) is 10.2. The topological polar surface area (TPSA) is 89.9 Å². The quantitative estimate of drug-likeness (QED) is 0.484. The maximum atomic E-state index is 11.6. The molecule has 4 aliphatic rings. The summed E-state index contributed by atoms with van der Waals surface area (Å²) in [5.41, 5.74) is 0. The molecule has 0 aromatic rings. The Balaban J connectivity index is 1.64. The van der Waals surface area contributed by atoms with Crippen molar-refractivity contribution in [3.8, 4) is 0 Å². The summed E-state index contributed by atoms with van der Waals surface area (Å²) < 4.78 is 9.56. The van der Waals surface area contributed by atoms with Crippen molar-refractivity contribution in [3.63, 3.8) is 0 Å². The molecule has 2 saturated carbocycles. The highest BCUT2D eigenvalue weighted by Crippen LogP contribution is 2.57. The second kappa shape index (κ2) is 3.56. The summed E-state index contributed by atoms with van der Waals surface area (Å²) in [5, 5.41) is 9.84. The third kappa shape index (κ3) is 1.38. The van der Waals surface area contributed by atoms with E-state index in [4.69, 9.17) is 9.47 Å². The van der Waals surface area contributed by atoms with Gasteiger partial charge in [0, 0.05) is 5.92 Å². The first-order chi connectivity index (χ1) is 9.06. The summed E-state index contributed by atoms with van der Waals surface area (Å²) in [5.74, 6) is -2.16. The lowest BCUT2D eigenvalue weighted by Gasteiger charge is -2.33. The van der Waals surface area contributed by atoms with Gasteiger partial charge in [0.25, 0.3) is 0 Å². The fourth-order valence-electron chi connectivity index (χ4n) is 4.56. The number of ether oxygens (including phenoxy) is 2. The molecule has 0 aromatic carbocycles. The molecule has 0 spiro atoms. The van der Waals surface area contributed by atoms with Gasteiger partial charge in [0.2, 0.25) is 6.29 Å². The monoisotopic (exact) mass is 266 g/mol. The fraction of sp³-hybridized carbons (Fsp3) is 0.769. The van der Waals surface area contributed by atoms with Crippen LogP contribution in [0.3, 0.4) is 0 Å². The molecule has 7 atom stereocenters. The SMILES string of the molecule is O=C1OC(=O)C2CC3C(CC12)CC1C(=O)OC(O)C13. The van der Waals surface area contributed by atoms with E-state index in [-0.39, 0.29) is 35.6 Å². The molecule has 102 valence electrons. The Bertz CT molecular complexity index is 486. The average molecular weight is 266 g/mol. The van der Waals surface area contributed by atoms with E-state index >= 15 is 0 Å². The Hall–Kier alpha value is -1.43.